The zero-order valence-corrected chi connectivity index (χ0v) is 14.5. The van der Waals surface area contributed by atoms with Gasteiger partial charge in [0.15, 0.2) is 0 Å². The molecule has 0 saturated heterocycles. The Morgan fingerprint density at radius 1 is 1.09 bits per heavy atom. The van der Waals surface area contributed by atoms with Crippen molar-refractivity contribution in [1.82, 2.24) is 4.90 Å². The standard InChI is InChI=1S/C21H29NO/c1-3-22(4-2)11-8-12-23-21(15-9-6-5-7-10-15)19-16-13-17-18(14-16)20(17)19/h5-7,9-10,16-18,20H,3-4,8,11-14H2,1-2H3. The molecule has 2 unspecified atom stereocenters. The van der Waals surface area contributed by atoms with Crippen LogP contribution in [0.25, 0.3) is 5.76 Å². The predicted octanol–water partition coefficient (Wildman–Crippen LogP) is 4.43. The monoisotopic (exact) mass is 311 g/mol. The fourth-order valence-corrected chi connectivity index (χ4v) is 5.09. The van der Waals surface area contributed by atoms with Gasteiger partial charge in [0.1, 0.15) is 5.76 Å². The third kappa shape index (κ3) is 2.71. The average molecular weight is 311 g/mol. The summed E-state index contributed by atoms with van der Waals surface area (Å²) in [7, 11) is 0. The molecule has 5 rings (SSSR count). The Morgan fingerprint density at radius 2 is 1.78 bits per heavy atom. The number of benzene rings is 1. The van der Waals surface area contributed by atoms with E-state index in [1.54, 1.807) is 5.57 Å². The van der Waals surface area contributed by atoms with E-state index in [-0.39, 0.29) is 0 Å². The Kier molecular flexibility index (Phi) is 4.19. The van der Waals surface area contributed by atoms with Gasteiger partial charge >= 0.3 is 0 Å². The summed E-state index contributed by atoms with van der Waals surface area (Å²) in [5.74, 6) is 4.95. The van der Waals surface area contributed by atoms with Gasteiger partial charge in [0.2, 0.25) is 0 Å². The van der Waals surface area contributed by atoms with Crippen LogP contribution in [0.5, 0.6) is 0 Å². The maximum Gasteiger partial charge on any atom is 0.126 e. The lowest BCUT2D eigenvalue weighted by Gasteiger charge is -2.20. The molecule has 4 fully saturated rings. The van der Waals surface area contributed by atoms with Crippen molar-refractivity contribution in [3.63, 3.8) is 0 Å². The quantitative estimate of drug-likeness (QED) is 0.520. The summed E-state index contributed by atoms with van der Waals surface area (Å²) in [6.07, 6.45) is 3.99. The van der Waals surface area contributed by atoms with Crippen LogP contribution in [0.1, 0.15) is 38.7 Å². The molecule has 124 valence electrons. The van der Waals surface area contributed by atoms with E-state index in [9.17, 15) is 0 Å². The summed E-state index contributed by atoms with van der Waals surface area (Å²) in [5.41, 5.74) is 2.97. The zero-order valence-electron chi connectivity index (χ0n) is 14.5. The van der Waals surface area contributed by atoms with Gasteiger partial charge in [0.25, 0.3) is 0 Å². The van der Waals surface area contributed by atoms with E-state index >= 15 is 0 Å². The largest absolute Gasteiger partial charge is 0.493 e. The molecule has 2 nitrogen and oxygen atoms in total. The molecule has 4 aliphatic rings. The summed E-state index contributed by atoms with van der Waals surface area (Å²) in [4.78, 5) is 2.47. The van der Waals surface area contributed by atoms with Gasteiger partial charge in [-0.05, 0) is 61.6 Å². The van der Waals surface area contributed by atoms with Crippen molar-refractivity contribution in [3.8, 4) is 0 Å². The van der Waals surface area contributed by atoms with Gasteiger partial charge < -0.3 is 9.64 Å². The van der Waals surface area contributed by atoms with E-state index in [0.29, 0.717) is 0 Å². The minimum Gasteiger partial charge on any atom is -0.493 e. The minimum absolute atomic E-state index is 0.827. The number of allylic oxidation sites excluding steroid dienone is 1. The summed E-state index contributed by atoms with van der Waals surface area (Å²) in [5, 5.41) is 0. The van der Waals surface area contributed by atoms with Gasteiger partial charge in [-0.25, -0.2) is 0 Å². The zero-order chi connectivity index (χ0) is 15.8. The van der Waals surface area contributed by atoms with Crippen molar-refractivity contribution in [2.24, 2.45) is 23.7 Å². The van der Waals surface area contributed by atoms with Crippen LogP contribution in [0, 0.1) is 23.7 Å². The highest BCUT2D eigenvalue weighted by atomic mass is 16.5. The maximum atomic E-state index is 6.40. The van der Waals surface area contributed by atoms with Crippen LogP contribution in [0.15, 0.2) is 35.9 Å². The molecule has 0 radical (unpaired) electrons. The number of rotatable bonds is 8. The molecule has 0 N–H and O–H groups in total. The molecule has 0 spiro atoms. The normalized spacial score (nSPS) is 32.5. The minimum atomic E-state index is 0.827. The summed E-state index contributed by atoms with van der Waals surface area (Å²) in [6.45, 7) is 8.73. The van der Waals surface area contributed by atoms with Crippen molar-refractivity contribution in [2.45, 2.75) is 33.1 Å². The second kappa shape index (κ2) is 6.32. The molecule has 23 heavy (non-hydrogen) atoms. The lowest BCUT2D eigenvalue weighted by molar-refractivity contribution is 0.226. The Balaban J connectivity index is 1.46. The van der Waals surface area contributed by atoms with Crippen molar-refractivity contribution in [3.05, 3.63) is 41.5 Å². The van der Waals surface area contributed by atoms with Crippen molar-refractivity contribution in [1.29, 1.82) is 0 Å². The summed E-state index contributed by atoms with van der Waals surface area (Å²) >= 11 is 0. The molecule has 4 saturated carbocycles. The molecule has 0 heterocycles. The van der Waals surface area contributed by atoms with Gasteiger partial charge in [0, 0.05) is 12.1 Å². The summed E-state index contributed by atoms with van der Waals surface area (Å²) in [6, 6.07) is 10.8. The Bertz CT molecular complexity index is 559. The number of hydrogen-bond acceptors (Lipinski definition) is 2. The van der Waals surface area contributed by atoms with Crippen LogP contribution >= 0.6 is 0 Å². The van der Waals surface area contributed by atoms with Gasteiger partial charge in [0.05, 0.1) is 6.61 Å². The van der Waals surface area contributed by atoms with Crippen molar-refractivity contribution in [2.75, 3.05) is 26.2 Å². The molecule has 2 atom stereocenters. The van der Waals surface area contributed by atoms with E-state index in [1.807, 2.05) is 0 Å². The predicted molar refractivity (Wildman–Crippen MR) is 94.9 cm³/mol. The molecule has 0 amide bonds. The van der Waals surface area contributed by atoms with E-state index < -0.39 is 0 Å². The fraction of sp³-hybridized carbons (Fsp3) is 0.619. The second-order valence-corrected chi connectivity index (χ2v) is 7.40. The third-order valence-electron chi connectivity index (χ3n) is 6.30. The second-order valence-electron chi connectivity index (χ2n) is 7.40. The fourth-order valence-electron chi connectivity index (χ4n) is 5.09. The topological polar surface area (TPSA) is 12.5 Å². The Morgan fingerprint density at radius 3 is 2.35 bits per heavy atom. The first-order chi connectivity index (χ1) is 11.3. The smallest absolute Gasteiger partial charge is 0.126 e. The first-order valence-corrected chi connectivity index (χ1v) is 9.48. The molecule has 0 aliphatic heterocycles. The Hall–Kier alpha value is -1.28. The Labute approximate surface area is 140 Å². The van der Waals surface area contributed by atoms with E-state index in [0.717, 1.165) is 56.3 Å². The van der Waals surface area contributed by atoms with Crippen LogP contribution < -0.4 is 0 Å². The maximum absolute atomic E-state index is 6.40. The summed E-state index contributed by atoms with van der Waals surface area (Å²) < 4.78 is 6.40. The molecule has 1 aromatic rings. The van der Waals surface area contributed by atoms with E-state index in [4.69, 9.17) is 4.74 Å². The molecule has 4 aliphatic carbocycles. The van der Waals surface area contributed by atoms with Crippen molar-refractivity contribution < 1.29 is 4.74 Å². The highest BCUT2D eigenvalue weighted by Gasteiger charge is 2.66. The molecule has 2 heteroatoms. The van der Waals surface area contributed by atoms with E-state index in [1.165, 1.54) is 24.2 Å². The lowest BCUT2D eigenvalue weighted by atomic mass is 10.0. The van der Waals surface area contributed by atoms with Crippen LogP contribution in [-0.2, 0) is 4.74 Å². The number of nitrogens with zero attached hydrogens (tertiary/aromatic N) is 1. The number of hydrogen-bond donors (Lipinski definition) is 0. The van der Waals surface area contributed by atoms with E-state index in [2.05, 4.69) is 49.1 Å². The first kappa shape index (κ1) is 15.3. The van der Waals surface area contributed by atoms with Crippen LogP contribution in [0.3, 0.4) is 0 Å². The average Bonchev–Trinajstić information content (AvgIpc) is 2.97. The van der Waals surface area contributed by atoms with Gasteiger partial charge in [-0.15, -0.1) is 0 Å². The van der Waals surface area contributed by atoms with Crippen molar-refractivity contribution >= 4 is 5.76 Å². The van der Waals surface area contributed by atoms with Gasteiger partial charge in [-0.1, -0.05) is 44.2 Å². The van der Waals surface area contributed by atoms with Crippen LogP contribution in [0.4, 0.5) is 0 Å². The molecular formula is C21H29NO. The van der Waals surface area contributed by atoms with Crippen LogP contribution in [0.2, 0.25) is 0 Å². The molecule has 4 bridgehead atoms. The molecule has 0 aromatic heterocycles. The number of ether oxygens (including phenoxy) is 1. The van der Waals surface area contributed by atoms with Crippen LogP contribution in [-0.4, -0.2) is 31.1 Å². The first-order valence-electron chi connectivity index (χ1n) is 9.48. The third-order valence-corrected chi connectivity index (χ3v) is 6.30. The molecule has 1 aromatic carbocycles. The highest BCUT2D eigenvalue weighted by Crippen LogP contribution is 2.74. The highest BCUT2D eigenvalue weighted by molar-refractivity contribution is 5.67. The van der Waals surface area contributed by atoms with Gasteiger partial charge in [-0.2, -0.15) is 0 Å². The molecular weight excluding hydrogens is 282 g/mol. The lowest BCUT2D eigenvalue weighted by Crippen LogP contribution is -2.24. The SMILES string of the molecule is CCN(CC)CCCOC(=C1C2CC3C(C2)C13)c1ccccc1. The van der Waals surface area contributed by atoms with Gasteiger partial charge in [-0.3, -0.25) is 0 Å².